The van der Waals surface area contributed by atoms with Crippen molar-refractivity contribution in [3.63, 3.8) is 0 Å². The zero-order valence-electron chi connectivity index (χ0n) is 9.22. The van der Waals surface area contributed by atoms with Crippen molar-refractivity contribution in [1.29, 1.82) is 0 Å². The minimum absolute atomic E-state index is 0.206. The van der Waals surface area contributed by atoms with E-state index in [0.717, 1.165) is 11.1 Å². The molecular weight excluding hydrogens is 198 g/mol. The number of nitrogens with two attached hydrogens (primary N) is 2. The Kier molecular flexibility index (Phi) is 2.77. The molecule has 1 aromatic heterocycles. The summed E-state index contributed by atoms with van der Waals surface area (Å²) < 4.78 is 0. The van der Waals surface area contributed by atoms with E-state index in [4.69, 9.17) is 11.5 Å². The molecule has 1 atom stereocenters. The van der Waals surface area contributed by atoms with Crippen LogP contribution in [0, 0.1) is 0 Å². The predicted octanol–water partition coefficient (Wildman–Crippen LogP) is 2.40. The van der Waals surface area contributed by atoms with Crippen molar-refractivity contribution in [2.24, 2.45) is 0 Å². The normalized spacial score (nSPS) is 12.3. The van der Waals surface area contributed by atoms with Crippen LogP contribution >= 0.6 is 0 Å². The molecule has 0 spiro atoms. The van der Waals surface area contributed by atoms with E-state index in [9.17, 15) is 0 Å². The molecule has 4 N–H and O–H groups in total. The maximum Gasteiger partial charge on any atom is 0.0586 e. The Hall–Kier alpha value is -2.03. The van der Waals surface area contributed by atoms with Crippen molar-refractivity contribution in [2.45, 2.75) is 12.8 Å². The SMILES string of the molecule is CC(c1cccnc1)c1cccc(N)c1N. The van der Waals surface area contributed by atoms with Crippen LogP contribution in [0.25, 0.3) is 0 Å². The molecule has 3 nitrogen and oxygen atoms in total. The first kappa shape index (κ1) is 10.5. The fraction of sp³-hybridized carbons (Fsp3) is 0.154. The van der Waals surface area contributed by atoms with Gasteiger partial charge in [-0.2, -0.15) is 0 Å². The largest absolute Gasteiger partial charge is 0.397 e. The Bertz CT molecular complexity index is 480. The lowest BCUT2D eigenvalue weighted by atomic mass is 9.92. The average molecular weight is 213 g/mol. The van der Waals surface area contributed by atoms with Gasteiger partial charge in [0.1, 0.15) is 0 Å². The standard InChI is InChI=1S/C13H15N3/c1-9(10-4-3-7-16-8-10)11-5-2-6-12(14)13(11)15/h2-9H,14-15H2,1H3. The lowest BCUT2D eigenvalue weighted by Crippen LogP contribution is -2.04. The van der Waals surface area contributed by atoms with Crippen LogP contribution in [-0.4, -0.2) is 4.98 Å². The number of nitrogen functional groups attached to an aromatic ring is 2. The third-order valence-electron chi connectivity index (χ3n) is 2.82. The van der Waals surface area contributed by atoms with E-state index < -0.39 is 0 Å². The molecule has 82 valence electrons. The summed E-state index contributed by atoms with van der Waals surface area (Å²) in [5.74, 6) is 0.206. The van der Waals surface area contributed by atoms with Crippen molar-refractivity contribution in [3.8, 4) is 0 Å². The zero-order valence-corrected chi connectivity index (χ0v) is 9.22. The van der Waals surface area contributed by atoms with Gasteiger partial charge < -0.3 is 11.5 Å². The van der Waals surface area contributed by atoms with Gasteiger partial charge in [-0.15, -0.1) is 0 Å². The Labute approximate surface area is 95.1 Å². The molecule has 2 rings (SSSR count). The highest BCUT2D eigenvalue weighted by atomic mass is 14.7. The van der Waals surface area contributed by atoms with Gasteiger partial charge >= 0.3 is 0 Å². The molecule has 0 fully saturated rings. The maximum atomic E-state index is 5.98. The fourth-order valence-electron chi connectivity index (χ4n) is 1.79. The number of hydrogen-bond acceptors (Lipinski definition) is 3. The summed E-state index contributed by atoms with van der Waals surface area (Å²) in [6.45, 7) is 2.10. The Morgan fingerprint density at radius 1 is 1.12 bits per heavy atom. The van der Waals surface area contributed by atoms with Gasteiger partial charge in [-0.3, -0.25) is 4.98 Å². The van der Waals surface area contributed by atoms with Crippen LogP contribution in [0.3, 0.4) is 0 Å². The monoisotopic (exact) mass is 213 g/mol. The molecule has 0 aliphatic heterocycles. The van der Waals surface area contributed by atoms with Crippen molar-refractivity contribution in [3.05, 3.63) is 53.9 Å². The molecule has 1 aromatic carbocycles. The number of benzene rings is 1. The molecule has 16 heavy (non-hydrogen) atoms. The zero-order chi connectivity index (χ0) is 11.5. The van der Waals surface area contributed by atoms with Gasteiger partial charge in [0.2, 0.25) is 0 Å². The van der Waals surface area contributed by atoms with E-state index in [2.05, 4.69) is 11.9 Å². The van der Waals surface area contributed by atoms with E-state index >= 15 is 0 Å². The number of rotatable bonds is 2. The second-order valence-electron chi connectivity index (χ2n) is 3.86. The number of hydrogen-bond donors (Lipinski definition) is 2. The highest BCUT2D eigenvalue weighted by Gasteiger charge is 2.12. The van der Waals surface area contributed by atoms with Crippen LogP contribution in [0.15, 0.2) is 42.7 Å². The third kappa shape index (κ3) is 1.84. The van der Waals surface area contributed by atoms with Gasteiger partial charge in [-0.25, -0.2) is 0 Å². The maximum absolute atomic E-state index is 5.98. The molecule has 3 heteroatoms. The summed E-state index contributed by atoms with van der Waals surface area (Å²) in [4.78, 5) is 4.11. The van der Waals surface area contributed by atoms with Crippen LogP contribution in [0.2, 0.25) is 0 Å². The fourth-order valence-corrected chi connectivity index (χ4v) is 1.79. The van der Waals surface area contributed by atoms with E-state index in [-0.39, 0.29) is 5.92 Å². The van der Waals surface area contributed by atoms with Crippen molar-refractivity contribution >= 4 is 11.4 Å². The van der Waals surface area contributed by atoms with E-state index in [0.29, 0.717) is 11.4 Å². The Balaban J connectivity index is 2.42. The van der Waals surface area contributed by atoms with Crippen molar-refractivity contribution in [2.75, 3.05) is 11.5 Å². The molecule has 0 radical (unpaired) electrons. The molecule has 0 aliphatic rings. The Morgan fingerprint density at radius 3 is 2.62 bits per heavy atom. The number of aromatic nitrogens is 1. The van der Waals surface area contributed by atoms with Crippen molar-refractivity contribution < 1.29 is 0 Å². The summed E-state index contributed by atoms with van der Waals surface area (Å²) >= 11 is 0. The lowest BCUT2D eigenvalue weighted by Gasteiger charge is -2.15. The highest BCUT2D eigenvalue weighted by Crippen LogP contribution is 2.30. The summed E-state index contributed by atoms with van der Waals surface area (Å²) in [6.07, 6.45) is 3.62. The first-order valence-electron chi connectivity index (χ1n) is 5.24. The molecule has 1 heterocycles. The predicted molar refractivity (Wildman–Crippen MR) is 67.0 cm³/mol. The number of anilines is 2. The van der Waals surface area contributed by atoms with Crippen LogP contribution in [0.1, 0.15) is 24.0 Å². The van der Waals surface area contributed by atoms with Gasteiger partial charge in [0.25, 0.3) is 0 Å². The molecule has 1 unspecified atom stereocenters. The van der Waals surface area contributed by atoms with E-state index in [1.54, 1.807) is 6.20 Å². The minimum Gasteiger partial charge on any atom is -0.397 e. The van der Waals surface area contributed by atoms with E-state index in [1.807, 2.05) is 36.5 Å². The molecule has 0 saturated carbocycles. The second-order valence-corrected chi connectivity index (χ2v) is 3.86. The molecule has 0 bridgehead atoms. The molecule has 2 aromatic rings. The van der Waals surface area contributed by atoms with Gasteiger partial charge in [0.15, 0.2) is 0 Å². The lowest BCUT2D eigenvalue weighted by molar-refractivity contribution is 0.915. The first-order valence-corrected chi connectivity index (χ1v) is 5.24. The Morgan fingerprint density at radius 2 is 1.94 bits per heavy atom. The number of pyridine rings is 1. The van der Waals surface area contributed by atoms with Crippen molar-refractivity contribution in [1.82, 2.24) is 4.98 Å². The van der Waals surface area contributed by atoms with Crippen LogP contribution in [-0.2, 0) is 0 Å². The van der Waals surface area contributed by atoms with Gasteiger partial charge in [0.05, 0.1) is 11.4 Å². The second kappa shape index (κ2) is 4.23. The van der Waals surface area contributed by atoms with Gasteiger partial charge in [-0.1, -0.05) is 25.1 Å². The van der Waals surface area contributed by atoms with Crippen LogP contribution in [0.4, 0.5) is 11.4 Å². The van der Waals surface area contributed by atoms with Gasteiger partial charge in [0, 0.05) is 18.3 Å². The molecule has 0 amide bonds. The topological polar surface area (TPSA) is 64.9 Å². The summed E-state index contributed by atoms with van der Waals surface area (Å²) in [5.41, 5.74) is 15.3. The molecular formula is C13H15N3. The smallest absolute Gasteiger partial charge is 0.0586 e. The van der Waals surface area contributed by atoms with Gasteiger partial charge in [-0.05, 0) is 23.3 Å². The molecule has 0 aliphatic carbocycles. The summed E-state index contributed by atoms with van der Waals surface area (Å²) in [6, 6.07) is 9.71. The van der Waals surface area contributed by atoms with Crippen LogP contribution in [0.5, 0.6) is 0 Å². The molecule has 0 saturated heterocycles. The minimum atomic E-state index is 0.206. The quantitative estimate of drug-likeness (QED) is 0.753. The highest BCUT2D eigenvalue weighted by molar-refractivity contribution is 5.68. The summed E-state index contributed by atoms with van der Waals surface area (Å²) in [5, 5.41) is 0. The summed E-state index contributed by atoms with van der Waals surface area (Å²) in [7, 11) is 0. The van der Waals surface area contributed by atoms with E-state index in [1.165, 1.54) is 0 Å². The first-order chi connectivity index (χ1) is 7.70. The number of para-hydroxylation sites is 1. The average Bonchev–Trinajstić information content (AvgIpc) is 2.33. The van der Waals surface area contributed by atoms with Crippen LogP contribution < -0.4 is 11.5 Å². The number of nitrogens with zero attached hydrogens (tertiary/aromatic N) is 1. The third-order valence-corrected chi connectivity index (χ3v) is 2.82.